The molecule has 0 aliphatic rings. The molecule has 0 atom stereocenters. The summed E-state index contributed by atoms with van der Waals surface area (Å²) in [6, 6.07) is 0. The van der Waals surface area contributed by atoms with Crippen molar-refractivity contribution in [1.82, 2.24) is 24.5 Å². The molecule has 2 aromatic rings. The van der Waals surface area contributed by atoms with Gasteiger partial charge in [0.2, 0.25) is 0 Å². The maximum Gasteiger partial charge on any atom is 0.258 e. The maximum absolute atomic E-state index is 12.1. The lowest BCUT2D eigenvalue weighted by Crippen LogP contribution is -2.18. The van der Waals surface area contributed by atoms with Crippen molar-refractivity contribution in [2.24, 2.45) is 0 Å². The molecule has 2 heterocycles. The minimum Gasteiger partial charge on any atom is -0.362 e. The summed E-state index contributed by atoms with van der Waals surface area (Å²) in [5, 5.41) is 11.0. The molecule has 0 spiro atoms. The van der Waals surface area contributed by atoms with E-state index in [1.165, 1.54) is 0 Å². The molecule has 0 aliphatic carbocycles. The molecule has 114 valence electrons. The molecular weight excluding hydrogens is 272 g/mol. The van der Waals surface area contributed by atoms with Gasteiger partial charge in [0.15, 0.2) is 0 Å². The molecule has 1 N–H and O–H groups in total. The molecule has 0 radical (unpaired) electrons. The maximum atomic E-state index is 12.1. The summed E-state index contributed by atoms with van der Waals surface area (Å²) in [5.41, 5.74) is 1.14. The van der Waals surface area contributed by atoms with Gasteiger partial charge in [0.05, 0.1) is 36.4 Å². The standard InChI is InChI=1S/C13H20N6O2/c1-17(2)4-5-18-8-11(6-14-18)13(20)16-12-7-15-19(9-12)10-21-3/h6-9H,4-5,10H2,1-3H3,(H,16,20). The van der Waals surface area contributed by atoms with E-state index in [2.05, 4.69) is 20.4 Å². The monoisotopic (exact) mass is 292 g/mol. The average Bonchev–Trinajstić information content (AvgIpc) is 3.06. The largest absolute Gasteiger partial charge is 0.362 e. The van der Waals surface area contributed by atoms with Gasteiger partial charge in [-0.2, -0.15) is 10.2 Å². The van der Waals surface area contributed by atoms with Crippen LogP contribution in [0.15, 0.2) is 24.8 Å². The Morgan fingerprint density at radius 1 is 1.29 bits per heavy atom. The van der Waals surface area contributed by atoms with Crippen molar-refractivity contribution in [2.45, 2.75) is 13.3 Å². The van der Waals surface area contributed by atoms with Crippen molar-refractivity contribution < 1.29 is 9.53 Å². The molecule has 0 bridgehead atoms. The third kappa shape index (κ3) is 4.40. The number of carbonyl (C=O) groups excluding carboxylic acids is 1. The number of carbonyl (C=O) groups is 1. The van der Waals surface area contributed by atoms with Gasteiger partial charge in [-0.3, -0.25) is 9.48 Å². The van der Waals surface area contributed by atoms with Gasteiger partial charge < -0.3 is 15.0 Å². The Kier molecular flexibility index (Phi) is 5.07. The summed E-state index contributed by atoms with van der Waals surface area (Å²) in [4.78, 5) is 14.2. The fourth-order valence-electron chi connectivity index (χ4n) is 1.74. The highest BCUT2D eigenvalue weighted by atomic mass is 16.5. The molecular formula is C13H20N6O2. The second kappa shape index (κ2) is 7.00. The predicted octanol–water partition coefficient (Wildman–Crippen LogP) is 0.497. The molecule has 1 amide bonds. The second-order valence-electron chi connectivity index (χ2n) is 4.94. The molecule has 8 nitrogen and oxygen atoms in total. The zero-order chi connectivity index (χ0) is 15.2. The van der Waals surface area contributed by atoms with E-state index in [9.17, 15) is 4.79 Å². The van der Waals surface area contributed by atoms with Crippen LogP contribution < -0.4 is 5.32 Å². The van der Waals surface area contributed by atoms with Crippen LogP contribution in [0.2, 0.25) is 0 Å². The van der Waals surface area contributed by atoms with Crippen LogP contribution in [0.25, 0.3) is 0 Å². The first-order valence-corrected chi connectivity index (χ1v) is 6.58. The summed E-state index contributed by atoms with van der Waals surface area (Å²) < 4.78 is 8.30. The first-order chi connectivity index (χ1) is 10.1. The van der Waals surface area contributed by atoms with Crippen LogP contribution in [-0.4, -0.2) is 58.1 Å². The molecule has 0 fully saturated rings. The molecule has 2 rings (SSSR count). The van der Waals surface area contributed by atoms with Crippen molar-refractivity contribution in [2.75, 3.05) is 33.1 Å². The van der Waals surface area contributed by atoms with Crippen molar-refractivity contribution in [3.63, 3.8) is 0 Å². The Balaban J connectivity index is 1.93. The molecule has 0 saturated carbocycles. The van der Waals surface area contributed by atoms with Crippen LogP contribution in [0.3, 0.4) is 0 Å². The van der Waals surface area contributed by atoms with E-state index in [1.54, 1.807) is 41.3 Å². The lowest BCUT2D eigenvalue weighted by molar-refractivity contribution is 0.102. The fourth-order valence-corrected chi connectivity index (χ4v) is 1.74. The highest BCUT2D eigenvalue weighted by Crippen LogP contribution is 2.08. The van der Waals surface area contributed by atoms with Crippen molar-refractivity contribution in [1.29, 1.82) is 0 Å². The van der Waals surface area contributed by atoms with E-state index < -0.39 is 0 Å². The summed E-state index contributed by atoms with van der Waals surface area (Å²) in [7, 11) is 5.58. The minimum absolute atomic E-state index is 0.205. The number of anilines is 1. The van der Waals surface area contributed by atoms with Gasteiger partial charge in [-0.1, -0.05) is 0 Å². The zero-order valence-corrected chi connectivity index (χ0v) is 12.5. The van der Waals surface area contributed by atoms with Crippen LogP contribution in [0.4, 0.5) is 5.69 Å². The summed E-state index contributed by atoms with van der Waals surface area (Å²) >= 11 is 0. The van der Waals surface area contributed by atoms with Gasteiger partial charge in [0.1, 0.15) is 6.73 Å². The summed E-state index contributed by atoms with van der Waals surface area (Å²) in [5.74, 6) is -0.205. The summed E-state index contributed by atoms with van der Waals surface area (Å²) in [6.45, 7) is 1.96. The van der Waals surface area contributed by atoms with E-state index >= 15 is 0 Å². The Labute approximate surface area is 123 Å². The van der Waals surface area contributed by atoms with Gasteiger partial charge in [-0.05, 0) is 14.1 Å². The van der Waals surface area contributed by atoms with Crippen LogP contribution in [0.1, 0.15) is 10.4 Å². The Morgan fingerprint density at radius 2 is 2.05 bits per heavy atom. The Bertz CT molecular complexity index is 589. The van der Waals surface area contributed by atoms with E-state index in [1.807, 2.05) is 14.1 Å². The van der Waals surface area contributed by atoms with Gasteiger partial charge in [-0.15, -0.1) is 0 Å². The molecule has 0 aliphatic heterocycles. The van der Waals surface area contributed by atoms with E-state index in [0.29, 0.717) is 18.0 Å². The normalized spacial score (nSPS) is 11.0. The van der Waals surface area contributed by atoms with E-state index in [-0.39, 0.29) is 5.91 Å². The predicted molar refractivity (Wildman–Crippen MR) is 78.0 cm³/mol. The Morgan fingerprint density at radius 3 is 2.76 bits per heavy atom. The van der Waals surface area contributed by atoms with E-state index in [0.717, 1.165) is 13.1 Å². The minimum atomic E-state index is -0.205. The third-order valence-corrected chi connectivity index (χ3v) is 2.82. The summed E-state index contributed by atoms with van der Waals surface area (Å²) in [6.07, 6.45) is 6.58. The highest BCUT2D eigenvalue weighted by Gasteiger charge is 2.10. The Hall–Kier alpha value is -2.19. The fraction of sp³-hybridized carbons (Fsp3) is 0.462. The van der Waals surface area contributed by atoms with Crippen LogP contribution in [0, 0.1) is 0 Å². The van der Waals surface area contributed by atoms with Crippen LogP contribution in [-0.2, 0) is 18.0 Å². The zero-order valence-electron chi connectivity index (χ0n) is 12.5. The first-order valence-electron chi connectivity index (χ1n) is 6.58. The number of methoxy groups -OCH3 is 1. The first kappa shape index (κ1) is 15.2. The number of hydrogen-bond acceptors (Lipinski definition) is 5. The molecule has 2 aromatic heterocycles. The van der Waals surface area contributed by atoms with Crippen LogP contribution >= 0.6 is 0 Å². The van der Waals surface area contributed by atoms with Gasteiger partial charge >= 0.3 is 0 Å². The van der Waals surface area contributed by atoms with Crippen molar-refractivity contribution in [3.8, 4) is 0 Å². The van der Waals surface area contributed by atoms with Gasteiger partial charge in [-0.25, -0.2) is 4.68 Å². The van der Waals surface area contributed by atoms with Gasteiger partial charge in [0.25, 0.3) is 5.91 Å². The number of likely N-dealkylation sites (N-methyl/N-ethyl adjacent to an activating group) is 1. The number of amides is 1. The van der Waals surface area contributed by atoms with E-state index in [4.69, 9.17) is 4.74 Å². The highest BCUT2D eigenvalue weighted by molar-refractivity contribution is 6.03. The SMILES string of the molecule is COCn1cc(NC(=O)c2cnn(CCN(C)C)c2)cn1. The molecule has 0 aromatic carbocycles. The quantitative estimate of drug-likeness (QED) is 0.804. The average molecular weight is 292 g/mol. The number of aromatic nitrogens is 4. The molecule has 0 unspecified atom stereocenters. The van der Waals surface area contributed by atoms with Gasteiger partial charge in [0, 0.05) is 19.9 Å². The number of nitrogens with zero attached hydrogens (tertiary/aromatic N) is 5. The van der Waals surface area contributed by atoms with Crippen LogP contribution in [0.5, 0.6) is 0 Å². The number of hydrogen-bond donors (Lipinski definition) is 1. The third-order valence-electron chi connectivity index (χ3n) is 2.82. The lowest BCUT2D eigenvalue weighted by atomic mass is 10.3. The molecule has 8 heteroatoms. The van der Waals surface area contributed by atoms with Crippen molar-refractivity contribution in [3.05, 3.63) is 30.4 Å². The molecule has 21 heavy (non-hydrogen) atoms. The smallest absolute Gasteiger partial charge is 0.258 e. The second-order valence-corrected chi connectivity index (χ2v) is 4.94. The number of ether oxygens (including phenoxy) is 1. The number of nitrogens with one attached hydrogen (secondary N) is 1. The van der Waals surface area contributed by atoms with Crippen molar-refractivity contribution >= 4 is 11.6 Å². The lowest BCUT2D eigenvalue weighted by Gasteiger charge is -2.08. The topological polar surface area (TPSA) is 77.2 Å². The molecule has 0 saturated heterocycles. The number of rotatable bonds is 7.